The first-order valence-corrected chi connectivity index (χ1v) is 7.50. The summed E-state index contributed by atoms with van der Waals surface area (Å²) in [6, 6.07) is 13.3. The van der Waals surface area contributed by atoms with Gasteiger partial charge in [-0.25, -0.2) is 0 Å². The van der Waals surface area contributed by atoms with Gasteiger partial charge in [0, 0.05) is 33.8 Å². The number of carbonyl (C=O) groups is 1. The van der Waals surface area contributed by atoms with Crippen LogP contribution in [-0.4, -0.2) is 21.0 Å². The maximum Gasteiger partial charge on any atom is 0.196 e. The molecular weight excluding hydrogens is 300 g/mol. The van der Waals surface area contributed by atoms with Crippen molar-refractivity contribution in [1.82, 2.24) is 15.2 Å². The fraction of sp³-hybridized carbons (Fsp3) is 0. The summed E-state index contributed by atoms with van der Waals surface area (Å²) in [4.78, 5) is 16.2. The summed E-state index contributed by atoms with van der Waals surface area (Å²) < 4.78 is 0. The molecule has 0 spiro atoms. The number of H-pyrrole nitrogens is 2. The Morgan fingerprint density at radius 1 is 1.04 bits per heavy atom. The Morgan fingerprint density at radius 2 is 1.96 bits per heavy atom. The van der Waals surface area contributed by atoms with E-state index in [4.69, 9.17) is 5.26 Å². The van der Waals surface area contributed by atoms with Crippen molar-refractivity contribution in [2.75, 3.05) is 0 Å². The summed E-state index contributed by atoms with van der Waals surface area (Å²) in [5.41, 5.74) is 6.41. The maximum atomic E-state index is 12.9. The van der Waals surface area contributed by atoms with Crippen LogP contribution < -0.4 is 0 Å². The van der Waals surface area contributed by atoms with Crippen LogP contribution in [0, 0.1) is 11.3 Å². The Balaban J connectivity index is 1.74. The molecule has 0 aliphatic heterocycles. The maximum absolute atomic E-state index is 12.9. The Morgan fingerprint density at radius 3 is 2.75 bits per heavy atom. The number of carbonyl (C=O) groups excluding carboxylic acids is 1. The molecular formula is C19H10N4O. The molecule has 1 aliphatic rings. The number of hydrogen-bond acceptors (Lipinski definition) is 3. The van der Waals surface area contributed by atoms with E-state index in [0.717, 1.165) is 33.3 Å². The Bertz CT molecular complexity index is 1180. The summed E-state index contributed by atoms with van der Waals surface area (Å²) >= 11 is 0. The second-order valence-corrected chi connectivity index (χ2v) is 5.82. The minimum absolute atomic E-state index is 0.0151. The second kappa shape index (κ2) is 4.43. The van der Waals surface area contributed by atoms with Crippen LogP contribution in [0.5, 0.6) is 0 Å². The van der Waals surface area contributed by atoms with Crippen LogP contribution in [0.15, 0.2) is 48.8 Å². The molecule has 0 atom stereocenters. The van der Waals surface area contributed by atoms with Crippen molar-refractivity contribution >= 4 is 16.7 Å². The van der Waals surface area contributed by atoms with Crippen LogP contribution in [0.4, 0.5) is 0 Å². The molecule has 0 bridgehead atoms. The second-order valence-electron chi connectivity index (χ2n) is 5.82. The van der Waals surface area contributed by atoms with E-state index in [1.807, 2.05) is 24.3 Å². The lowest BCUT2D eigenvalue weighted by molar-refractivity contribution is 0.104. The van der Waals surface area contributed by atoms with E-state index in [1.165, 1.54) is 0 Å². The zero-order valence-corrected chi connectivity index (χ0v) is 12.4. The molecule has 0 saturated heterocycles. The monoisotopic (exact) mass is 310 g/mol. The molecule has 112 valence electrons. The highest BCUT2D eigenvalue weighted by Crippen LogP contribution is 2.41. The van der Waals surface area contributed by atoms with E-state index in [9.17, 15) is 4.79 Å². The lowest BCUT2D eigenvalue weighted by Crippen LogP contribution is -1.95. The average molecular weight is 310 g/mol. The van der Waals surface area contributed by atoms with E-state index in [-0.39, 0.29) is 5.78 Å². The van der Waals surface area contributed by atoms with Crippen molar-refractivity contribution in [3.63, 3.8) is 0 Å². The highest BCUT2D eigenvalue weighted by Gasteiger charge is 2.31. The Kier molecular flexibility index (Phi) is 2.37. The van der Waals surface area contributed by atoms with Crippen LogP contribution in [0.1, 0.15) is 21.5 Å². The molecule has 2 heterocycles. The molecule has 5 nitrogen and oxygen atoms in total. The van der Waals surface area contributed by atoms with Gasteiger partial charge in [-0.15, -0.1) is 0 Å². The molecule has 2 aromatic carbocycles. The van der Waals surface area contributed by atoms with Gasteiger partial charge in [-0.2, -0.15) is 10.4 Å². The summed E-state index contributed by atoms with van der Waals surface area (Å²) in [7, 11) is 0. The van der Waals surface area contributed by atoms with Crippen molar-refractivity contribution in [2.45, 2.75) is 0 Å². The van der Waals surface area contributed by atoms with E-state index < -0.39 is 0 Å². The number of aromatic nitrogens is 3. The largest absolute Gasteiger partial charge is 0.354 e. The van der Waals surface area contributed by atoms with Gasteiger partial charge in [0.25, 0.3) is 0 Å². The predicted octanol–water partition coefficient (Wildman–Crippen LogP) is 3.64. The average Bonchev–Trinajstić information content (AvgIpc) is 3.31. The van der Waals surface area contributed by atoms with Gasteiger partial charge in [0.1, 0.15) is 0 Å². The molecule has 4 aromatic rings. The summed E-state index contributed by atoms with van der Waals surface area (Å²) in [5.74, 6) is 0.0151. The van der Waals surface area contributed by atoms with Crippen molar-refractivity contribution in [3.05, 3.63) is 65.5 Å². The summed E-state index contributed by atoms with van der Waals surface area (Å²) in [6.45, 7) is 0. The van der Waals surface area contributed by atoms with E-state index in [1.54, 1.807) is 24.5 Å². The van der Waals surface area contributed by atoms with Gasteiger partial charge in [-0.1, -0.05) is 18.2 Å². The zero-order chi connectivity index (χ0) is 16.3. The molecule has 24 heavy (non-hydrogen) atoms. The van der Waals surface area contributed by atoms with Crippen LogP contribution in [0.2, 0.25) is 0 Å². The van der Waals surface area contributed by atoms with Crippen molar-refractivity contribution < 1.29 is 4.79 Å². The molecule has 0 saturated carbocycles. The van der Waals surface area contributed by atoms with Crippen molar-refractivity contribution in [2.24, 2.45) is 0 Å². The fourth-order valence-electron chi connectivity index (χ4n) is 3.38. The minimum Gasteiger partial charge on any atom is -0.354 e. The third-order valence-corrected chi connectivity index (χ3v) is 4.52. The zero-order valence-electron chi connectivity index (χ0n) is 12.4. The molecule has 0 radical (unpaired) electrons. The number of hydrogen-bond donors (Lipinski definition) is 2. The number of rotatable bonds is 1. The normalized spacial score (nSPS) is 12.2. The molecule has 2 N–H and O–H groups in total. The molecule has 0 fully saturated rings. The van der Waals surface area contributed by atoms with E-state index in [0.29, 0.717) is 16.7 Å². The number of nitrogens with zero attached hydrogens (tertiary/aromatic N) is 2. The van der Waals surface area contributed by atoms with Gasteiger partial charge in [0.15, 0.2) is 5.78 Å². The molecule has 2 aromatic heterocycles. The van der Waals surface area contributed by atoms with E-state index >= 15 is 0 Å². The standard InChI is InChI=1S/C19H10N4O/c20-7-10-1-3-14-16(5-10)23-18-13-4-2-11(12-8-21-22-9-12)6-15(13)19(24)17(14)18/h1-6,8-9,23H,(H,21,22). The number of ketones is 1. The SMILES string of the molecule is N#Cc1ccc2c3c([nH]c2c1)-c1ccc(-c2cn[nH]c2)cc1C3=O. The highest BCUT2D eigenvalue weighted by molar-refractivity contribution is 6.27. The van der Waals surface area contributed by atoms with Gasteiger partial charge < -0.3 is 4.98 Å². The third kappa shape index (κ3) is 1.57. The molecule has 5 rings (SSSR count). The molecule has 5 heteroatoms. The smallest absolute Gasteiger partial charge is 0.196 e. The quantitative estimate of drug-likeness (QED) is 0.495. The van der Waals surface area contributed by atoms with Gasteiger partial charge in [-0.05, 0) is 23.8 Å². The molecule has 0 unspecified atom stereocenters. The number of fused-ring (bicyclic) bond motifs is 5. The Labute approximate surface area is 136 Å². The number of nitriles is 1. The molecule has 0 amide bonds. The molecule has 1 aliphatic carbocycles. The van der Waals surface area contributed by atoms with Crippen molar-refractivity contribution in [3.8, 4) is 28.5 Å². The highest BCUT2D eigenvalue weighted by atomic mass is 16.1. The summed E-state index contributed by atoms with van der Waals surface area (Å²) in [5, 5.41) is 16.6. The predicted molar refractivity (Wildman–Crippen MR) is 89.5 cm³/mol. The Hall–Kier alpha value is -3.65. The fourth-order valence-corrected chi connectivity index (χ4v) is 3.38. The van der Waals surface area contributed by atoms with Gasteiger partial charge in [0.2, 0.25) is 0 Å². The first-order valence-electron chi connectivity index (χ1n) is 7.50. The van der Waals surface area contributed by atoms with Crippen LogP contribution in [-0.2, 0) is 0 Å². The first kappa shape index (κ1) is 12.9. The van der Waals surface area contributed by atoms with Gasteiger partial charge in [0.05, 0.1) is 29.1 Å². The van der Waals surface area contributed by atoms with Crippen LogP contribution in [0.25, 0.3) is 33.3 Å². The number of nitrogens with one attached hydrogen (secondary N) is 2. The summed E-state index contributed by atoms with van der Waals surface area (Å²) in [6.07, 6.45) is 3.54. The van der Waals surface area contributed by atoms with Crippen LogP contribution >= 0.6 is 0 Å². The lowest BCUT2D eigenvalue weighted by Gasteiger charge is -2.03. The number of aromatic amines is 2. The minimum atomic E-state index is 0.0151. The first-order chi connectivity index (χ1) is 11.8. The number of benzene rings is 2. The van der Waals surface area contributed by atoms with Crippen LogP contribution in [0.3, 0.4) is 0 Å². The lowest BCUT2D eigenvalue weighted by atomic mass is 10.0. The van der Waals surface area contributed by atoms with Gasteiger partial charge in [-0.3, -0.25) is 9.89 Å². The topological polar surface area (TPSA) is 85.3 Å². The van der Waals surface area contributed by atoms with E-state index in [2.05, 4.69) is 21.3 Å². The van der Waals surface area contributed by atoms with Crippen molar-refractivity contribution in [1.29, 1.82) is 5.26 Å². The third-order valence-electron chi connectivity index (χ3n) is 4.52. The van der Waals surface area contributed by atoms with Gasteiger partial charge >= 0.3 is 0 Å².